The molecule has 21 heavy (non-hydrogen) atoms. The molecule has 108 valence electrons. The number of aromatic nitrogens is 3. The number of aryl methyl sites for hydroxylation is 1. The van der Waals surface area contributed by atoms with Crippen LogP contribution in [0.5, 0.6) is 5.75 Å². The summed E-state index contributed by atoms with van der Waals surface area (Å²) in [5.41, 5.74) is 10.1. The number of nitrogens with two attached hydrogens (primary N) is 1. The molecule has 6 heteroatoms. The molecule has 3 aromatic rings. The minimum absolute atomic E-state index is 0.575. The zero-order valence-corrected chi connectivity index (χ0v) is 12.9. The van der Waals surface area contributed by atoms with Gasteiger partial charge >= 0.3 is 0 Å². The first-order valence-electron chi connectivity index (χ1n) is 6.48. The Labute approximate surface area is 127 Å². The largest absolute Gasteiger partial charge is 0.497 e. The minimum atomic E-state index is 0.575. The Hall–Kier alpha value is -2.21. The van der Waals surface area contributed by atoms with Crippen molar-refractivity contribution >= 4 is 23.2 Å². The molecule has 0 amide bonds. The van der Waals surface area contributed by atoms with Gasteiger partial charge in [-0.05, 0) is 42.5 Å². The van der Waals surface area contributed by atoms with E-state index in [1.54, 1.807) is 17.8 Å². The molecule has 1 aromatic carbocycles. The van der Waals surface area contributed by atoms with Crippen molar-refractivity contribution in [2.24, 2.45) is 0 Å². The number of hydrogen-bond donors (Lipinski definition) is 1. The normalized spacial score (nSPS) is 11.0. The third kappa shape index (κ3) is 2.21. The van der Waals surface area contributed by atoms with Gasteiger partial charge < -0.3 is 10.5 Å². The highest BCUT2D eigenvalue weighted by molar-refractivity contribution is 7.98. The summed E-state index contributed by atoms with van der Waals surface area (Å²) in [5, 5.41) is 5.08. The van der Waals surface area contributed by atoms with Crippen molar-refractivity contribution in [2.45, 2.75) is 11.9 Å². The van der Waals surface area contributed by atoms with Gasteiger partial charge in [0.15, 0.2) is 11.5 Å². The summed E-state index contributed by atoms with van der Waals surface area (Å²) in [5.74, 6) is 1.42. The van der Waals surface area contributed by atoms with E-state index in [0.717, 1.165) is 33.1 Å². The molecule has 0 atom stereocenters. The van der Waals surface area contributed by atoms with E-state index in [1.807, 2.05) is 30.5 Å². The molecule has 0 spiro atoms. The first kappa shape index (κ1) is 13.8. The van der Waals surface area contributed by atoms with Gasteiger partial charge in [-0.3, -0.25) is 0 Å². The number of thioether (sulfide) groups is 1. The van der Waals surface area contributed by atoms with E-state index in [9.17, 15) is 0 Å². The highest BCUT2D eigenvalue weighted by Crippen LogP contribution is 2.32. The summed E-state index contributed by atoms with van der Waals surface area (Å²) in [4.78, 5) is 4.60. The maximum atomic E-state index is 6.08. The molecule has 2 N–H and O–H groups in total. The molecular formula is C15H16N4OS. The van der Waals surface area contributed by atoms with Gasteiger partial charge in [0.25, 0.3) is 0 Å². The van der Waals surface area contributed by atoms with E-state index in [0.29, 0.717) is 5.82 Å². The molecular weight excluding hydrogens is 284 g/mol. The number of ether oxygens (including phenoxy) is 1. The van der Waals surface area contributed by atoms with Crippen molar-refractivity contribution in [2.75, 3.05) is 19.1 Å². The molecule has 0 aliphatic carbocycles. The van der Waals surface area contributed by atoms with Crippen molar-refractivity contribution in [1.29, 1.82) is 0 Å². The molecule has 2 heterocycles. The van der Waals surface area contributed by atoms with Gasteiger partial charge in [-0.25, -0.2) is 4.98 Å². The minimum Gasteiger partial charge on any atom is -0.497 e. The average molecular weight is 300 g/mol. The van der Waals surface area contributed by atoms with Crippen LogP contribution < -0.4 is 10.5 Å². The molecule has 0 radical (unpaired) electrons. The summed E-state index contributed by atoms with van der Waals surface area (Å²) >= 11 is 1.52. The van der Waals surface area contributed by atoms with E-state index < -0.39 is 0 Å². The van der Waals surface area contributed by atoms with E-state index in [1.165, 1.54) is 11.8 Å². The van der Waals surface area contributed by atoms with Crippen molar-refractivity contribution in [3.05, 3.63) is 36.0 Å². The Morgan fingerprint density at radius 1 is 1.24 bits per heavy atom. The van der Waals surface area contributed by atoms with E-state index in [2.05, 4.69) is 17.0 Å². The molecule has 0 unspecified atom stereocenters. The van der Waals surface area contributed by atoms with Crippen LogP contribution in [-0.4, -0.2) is 28.0 Å². The number of rotatable bonds is 3. The van der Waals surface area contributed by atoms with E-state index in [-0.39, 0.29) is 0 Å². The molecule has 0 fully saturated rings. The maximum Gasteiger partial charge on any atom is 0.165 e. The molecule has 3 rings (SSSR count). The van der Waals surface area contributed by atoms with Crippen LogP contribution in [0.3, 0.4) is 0 Å². The lowest BCUT2D eigenvalue weighted by molar-refractivity contribution is 0.414. The van der Waals surface area contributed by atoms with Crippen LogP contribution in [0.25, 0.3) is 16.8 Å². The van der Waals surface area contributed by atoms with Gasteiger partial charge in [-0.2, -0.15) is 9.61 Å². The van der Waals surface area contributed by atoms with Crippen LogP contribution in [-0.2, 0) is 0 Å². The number of methoxy groups -OCH3 is 1. The summed E-state index contributed by atoms with van der Waals surface area (Å²) in [6.07, 6.45) is 3.70. The summed E-state index contributed by atoms with van der Waals surface area (Å²) in [7, 11) is 1.67. The van der Waals surface area contributed by atoms with Gasteiger partial charge in [0, 0.05) is 11.8 Å². The smallest absolute Gasteiger partial charge is 0.165 e. The lowest BCUT2D eigenvalue weighted by Crippen LogP contribution is -1.99. The van der Waals surface area contributed by atoms with Gasteiger partial charge in [0.1, 0.15) is 10.8 Å². The maximum absolute atomic E-state index is 6.08. The number of anilines is 1. The Bertz CT molecular complexity index is 813. The summed E-state index contributed by atoms with van der Waals surface area (Å²) in [6, 6.07) is 7.95. The van der Waals surface area contributed by atoms with Gasteiger partial charge in [0.2, 0.25) is 0 Å². The fourth-order valence-electron chi connectivity index (χ4n) is 2.37. The molecule has 0 saturated carbocycles. The quantitative estimate of drug-likeness (QED) is 0.753. The van der Waals surface area contributed by atoms with Crippen LogP contribution in [0.2, 0.25) is 0 Å². The van der Waals surface area contributed by atoms with Crippen LogP contribution in [0.4, 0.5) is 5.82 Å². The highest BCUT2D eigenvalue weighted by atomic mass is 32.2. The summed E-state index contributed by atoms with van der Waals surface area (Å²) in [6.45, 7) is 2.05. The molecule has 0 aliphatic heterocycles. The Morgan fingerprint density at radius 3 is 2.71 bits per heavy atom. The van der Waals surface area contributed by atoms with Crippen LogP contribution in [0, 0.1) is 6.92 Å². The zero-order valence-electron chi connectivity index (χ0n) is 12.1. The third-order valence-corrected chi connectivity index (χ3v) is 4.12. The Balaban J connectivity index is 2.25. The van der Waals surface area contributed by atoms with Crippen LogP contribution in [0.15, 0.2) is 35.5 Å². The van der Waals surface area contributed by atoms with E-state index >= 15 is 0 Å². The SMILES string of the molecule is COc1ccc(-c2ccnn3c(N)c(SC)nc23)c(C)c1. The molecule has 0 saturated heterocycles. The third-order valence-electron chi connectivity index (χ3n) is 3.44. The molecule has 0 bridgehead atoms. The fourth-order valence-corrected chi connectivity index (χ4v) is 2.84. The predicted octanol–water partition coefficient (Wildman–Crippen LogP) is 3.02. The molecule has 5 nitrogen and oxygen atoms in total. The number of nitrogen functional groups attached to an aromatic ring is 1. The number of hydrogen-bond acceptors (Lipinski definition) is 5. The van der Waals surface area contributed by atoms with Crippen molar-refractivity contribution in [3.8, 4) is 16.9 Å². The van der Waals surface area contributed by atoms with Crippen molar-refractivity contribution in [3.63, 3.8) is 0 Å². The number of nitrogens with zero attached hydrogens (tertiary/aromatic N) is 3. The second-order valence-electron chi connectivity index (χ2n) is 4.67. The lowest BCUT2D eigenvalue weighted by atomic mass is 10.0. The lowest BCUT2D eigenvalue weighted by Gasteiger charge is -2.09. The van der Waals surface area contributed by atoms with Crippen molar-refractivity contribution < 1.29 is 4.74 Å². The van der Waals surface area contributed by atoms with Crippen LogP contribution >= 0.6 is 11.8 Å². The monoisotopic (exact) mass is 300 g/mol. The topological polar surface area (TPSA) is 65.4 Å². The highest BCUT2D eigenvalue weighted by Gasteiger charge is 2.15. The Kier molecular flexibility index (Phi) is 3.47. The van der Waals surface area contributed by atoms with Crippen molar-refractivity contribution in [1.82, 2.24) is 14.6 Å². The summed E-state index contributed by atoms with van der Waals surface area (Å²) < 4.78 is 6.94. The number of imidazole rings is 1. The number of fused-ring (bicyclic) bond motifs is 1. The number of benzene rings is 1. The van der Waals surface area contributed by atoms with Gasteiger partial charge in [-0.15, -0.1) is 11.8 Å². The zero-order chi connectivity index (χ0) is 15.0. The first-order valence-corrected chi connectivity index (χ1v) is 7.70. The van der Waals surface area contributed by atoms with E-state index in [4.69, 9.17) is 10.5 Å². The molecule has 2 aromatic heterocycles. The van der Waals surface area contributed by atoms with Crippen LogP contribution in [0.1, 0.15) is 5.56 Å². The second kappa shape index (κ2) is 5.29. The fraction of sp³-hybridized carbons (Fsp3) is 0.200. The Morgan fingerprint density at radius 2 is 2.05 bits per heavy atom. The first-order chi connectivity index (χ1) is 10.2. The van der Waals surface area contributed by atoms with Gasteiger partial charge in [0.05, 0.1) is 7.11 Å². The second-order valence-corrected chi connectivity index (χ2v) is 5.46. The standard InChI is InChI=1S/C15H16N4OS/c1-9-8-10(20-2)4-5-11(9)12-6-7-17-19-13(16)15(21-3)18-14(12)19/h4-8H,16H2,1-3H3. The van der Waals surface area contributed by atoms with Gasteiger partial charge in [-0.1, -0.05) is 6.07 Å². The molecule has 0 aliphatic rings. The predicted molar refractivity (Wildman–Crippen MR) is 85.9 cm³/mol. The average Bonchev–Trinajstić information content (AvgIpc) is 2.84.